The van der Waals surface area contributed by atoms with Crippen LogP contribution in [0.2, 0.25) is 0 Å². The zero-order valence-electron chi connectivity index (χ0n) is 20.8. The summed E-state index contributed by atoms with van der Waals surface area (Å²) in [5, 5.41) is 13.4. The number of methoxy groups -OCH3 is 1. The van der Waals surface area contributed by atoms with Gasteiger partial charge in [0.05, 0.1) is 55.9 Å². The highest BCUT2D eigenvalue weighted by molar-refractivity contribution is 5.88. The highest BCUT2D eigenvalue weighted by Gasteiger charge is 2.36. The minimum Gasteiger partial charge on any atom is -0.479 e. The van der Waals surface area contributed by atoms with E-state index in [0.29, 0.717) is 31.7 Å². The molecule has 2 saturated heterocycles. The molecule has 0 amide bonds. The van der Waals surface area contributed by atoms with Gasteiger partial charge in [-0.05, 0) is 31.0 Å². The number of likely N-dealkylation sites (tertiary alicyclic amines) is 1. The molecular formula is C24H28F4N8O2. The van der Waals surface area contributed by atoms with E-state index in [1.165, 1.54) is 36.7 Å². The monoisotopic (exact) mass is 536 g/mol. The molecule has 3 atom stereocenters. The highest BCUT2D eigenvalue weighted by Crippen LogP contribution is 2.38. The zero-order chi connectivity index (χ0) is 27.0. The van der Waals surface area contributed by atoms with E-state index < -0.39 is 30.5 Å². The number of benzene rings is 1. The van der Waals surface area contributed by atoms with Gasteiger partial charge in [-0.3, -0.25) is 4.90 Å². The van der Waals surface area contributed by atoms with Gasteiger partial charge in [0.25, 0.3) is 6.43 Å². The molecule has 2 aliphatic rings. The van der Waals surface area contributed by atoms with Gasteiger partial charge in [-0.15, -0.1) is 5.10 Å². The van der Waals surface area contributed by atoms with Crippen LogP contribution in [0.4, 0.5) is 34.9 Å². The average molecular weight is 537 g/mol. The molecule has 0 saturated carbocycles. The van der Waals surface area contributed by atoms with Crippen LogP contribution in [0.3, 0.4) is 0 Å². The van der Waals surface area contributed by atoms with Gasteiger partial charge in [0.15, 0.2) is 5.82 Å². The van der Waals surface area contributed by atoms with Crippen LogP contribution < -0.4 is 15.4 Å². The molecule has 0 radical (unpaired) electrons. The van der Waals surface area contributed by atoms with E-state index in [0.717, 1.165) is 6.20 Å². The second kappa shape index (κ2) is 10.7. The van der Waals surface area contributed by atoms with E-state index in [1.54, 1.807) is 0 Å². The molecule has 3 N–H and O–H groups in total. The molecule has 1 aromatic carbocycles. The maximum absolute atomic E-state index is 15.3. The maximum Gasteiger partial charge on any atom is 0.258 e. The van der Waals surface area contributed by atoms with Crippen molar-refractivity contribution in [1.29, 1.82) is 5.53 Å². The first-order chi connectivity index (χ1) is 18.3. The number of rotatable bonds is 9. The fraction of sp³-hybridized carbons (Fsp3) is 0.500. The molecule has 0 bridgehead atoms. The van der Waals surface area contributed by atoms with Crippen molar-refractivity contribution in [3.05, 3.63) is 30.2 Å². The van der Waals surface area contributed by atoms with Crippen LogP contribution in [0.1, 0.15) is 13.3 Å². The van der Waals surface area contributed by atoms with Crippen LogP contribution in [0.25, 0.3) is 16.6 Å². The second-order valence-electron chi connectivity index (χ2n) is 9.44. The van der Waals surface area contributed by atoms with E-state index in [-0.39, 0.29) is 46.9 Å². The van der Waals surface area contributed by atoms with Crippen molar-refractivity contribution < 1.29 is 27.0 Å². The second-order valence-corrected chi connectivity index (χ2v) is 9.44. The molecule has 2 aromatic heterocycles. The Kier molecular flexibility index (Phi) is 7.34. The van der Waals surface area contributed by atoms with Crippen molar-refractivity contribution >= 4 is 22.8 Å². The van der Waals surface area contributed by atoms with E-state index in [1.807, 2.05) is 0 Å². The van der Waals surface area contributed by atoms with Gasteiger partial charge in [0, 0.05) is 13.1 Å². The lowest BCUT2D eigenvalue weighted by molar-refractivity contribution is -0.0794. The molecule has 0 unspecified atom stereocenters. The number of fused-ring (bicyclic) bond motifs is 1. The number of nitrogens with one attached hydrogen (secondary N) is 3. The average Bonchev–Trinajstić information content (AvgIpc) is 3.19. The Balaban J connectivity index is 1.44. The van der Waals surface area contributed by atoms with E-state index in [4.69, 9.17) is 15.0 Å². The van der Waals surface area contributed by atoms with Crippen LogP contribution in [0.5, 0.6) is 5.88 Å². The van der Waals surface area contributed by atoms with Gasteiger partial charge in [-0.25, -0.2) is 27.6 Å². The first kappa shape index (κ1) is 26.1. The number of ether oxygens (including phenoxy) is 2. The summed E-state index contributed by atoms with van der Waals surface area (Å²) >= 11 is 0. The molecular weight excluding hydrogens is 508 g/mol. The van der Waals surface area contributed by atoms with Crippen LogP contribution >= 0.6 is 0 Å². The summed E-state index contributed by atoms with van der Waals surface area (Å²) in [6.45, 7) is 3.50. The Bertz CT molecular complexity index is 1320. The minimum absolute atomic E-state index is 0.0468. The minimum atomic E-state index is -2.66. The van der Waals surface area contributed by atoms with Crippen molar-refractivity contribution in [2.24, 2.45) is 5.11 Å². The van der Waals surface area contributed by atoms with E-state index in [2.05, 4.69) is 30.7 Å². The van der Waals surface area contributed by atoms with Gasteiger partial charge in [0.1, 0.15) is 17.4 Å². The molecule has 38 heavy (non-hydrogen) atoms. The van der Waals surface area contributed by atoms with Crippen LogP contribution in [0.15, 0.2) is 29.5 Å². The normalized spacial score (nSPS) is 21.3. The number of aromatic nitrogens is 3. The van der Waals surface area contributed by atoms with E-state index >= 15 is 4.39 Å². The quantitative estimate of drug-likeness (QED) is 0.273. The Morgan fingerprint density at radius 1 is 1.29 bits per heavy atom. The lowest BCUT2D eigenvalue weighted by Gasteiger charge is -2.42. The third-order valence-corrected chi connectivity index (χ3v) is 6.94. The fourth-order valence-corrected chi connectivity index (χ4v) is 4.73. The molecule has 204 valence electrons. The molecule has 2 fully saturated rings. The highest BCUT2D eigenvalue weighted by atomic mass is 19.3. The molecule has 0 spiro atoms. The van der Waals surface area contributed by atoms with Gasteiger partial charge >= 0.3 is 0 Å². The van der Waals surface area contributed by atoms with Crippen LogP contribution in [-0.2, 0) is 4.74 Å². The Labute approximate surface area is 215 Å². The summed E-state index contributed by atoms with van der Waals surface area (Å²) in [5.41, 5.74) is 8.22. The summed E-state index contributed by atoms with van der Waals surface area (Å²) in [6, 6.07) is 2.89. The zero-order valence-corrected chi connectivity index (χ0v) is 20.8. The first-order valence-corrected chi connectivity index (χ1v) is 12.2. The first-order valence-electron chi connectivity index (χ1n) is 12.2. The van der Waals surface area contributed by atoms with Gasteiger partial charge < -0.3 is 20.1 Å². The summed E-state index contributed by atoms with van der Waals surface area (Å²) in [7, 11) is 1.37. The summed E-state index contributed by atoms with van der Waals surface area (Å²) < 4.78 is 68.4. The van der Waals surface area contributed by atoms with Gasteiger partial charge in [-0.1, -0.05) is 6.07 Å². The third-order valence-electron chi connectivity index (χ3n) is 6.94. The predicted molar refractivity (Wildman–Crippen MR) is 132 cm³/mol. The Morgan fingerprint density at radius 3 is 2.71 bits per heavy atom. The number of nitrogens with zero attached hydrogens (tertiary/aromatic N) is 5. The molecule has 0 aliphatic carbocycles. The summed E-state index contributed by atoms with van der Waals surface area (Å²) in [6.07, 6.45) is -2.14. The van der Waals surface area contributed by atoms with Gasteiger partial charge in [0.2, 0.25) is 11.8 Å². The Hall–Kier alpha value is -3.52. The van der Waals surface area contributed by atoms with Crippen LogP contribution in [0, 0.1) is 11.3 Å². The molecule has 5 rings (SSSR count). The number of alkyl halides is 3. The fourth-order valence-electron chi connectivity index (χ4n) is 4.73. The van der Waals surface area contributed by atoms with E-state index in [9.17, 15) is 13.2 Å². The lowest BCUT2D eigenvalue weighted by atomic mass is 10.0. The number of piperidine rings is 1. The number of hydrogen-bond donors (Lipinski definition) is 3. The SMILES string of the molecule is COc1nc(N[C@H]2CCN(C3COC3)C[C@H]2F)nn2cc(F)c(-c3ccc(N=N)c(N[C@H](C)C(F)F)c3)c12. The standard InChI is InChI=1S/C24H28F4N8O2/c1-12(22(27)28)30-19-7-13(3-4-18(19)33-29)20-16(26)9-36-21(20)23(37-2)32-24(34-36)31-17-5-6-35(8-15(17)25)14-10-38-11-14/h3-4,7,9,12,14-15,17,22,29-30H,5-6,8,10-11H2,1-2H3,(H,31,34)/t12-,15-,17+/m1/s1. The van der Waals surface area contributed by atoms with Crippen LogP contribution in [-0.4, -0.2) is 83.6 Å². The largest absolute Gasteiger partial charge is 0.479 e. The molecule has 14 heteroatoms. The lowest BCUT2D eigenvalue weighted by Crippen LogP contribution is -2.57. The molecule has 2 aliphatic heterocycles. The van der Waals surface area contributed by atoms with Crippen molar-refractivity contribution in [2.75, 3.05) is 44.0 Å². The molecule has 3 aromatic rings. The molecule has 10 nitrogen and oxygen atoms in total. The van der Waals surface area contributed by atoms with Crippen molar-refractivity contribution in [3.8, 4) is 17.0 Å². The number of halogens is 4. The molecule has 4 heterocycles. The maximum atomic E-state index is 15.3. The number of anilines is 2. The topological polar surface area (TPSA) is 112 Å². The van der Waals surface area contributed by atoms with Crippen molar-refractivity contribution in [1.82, 2.24) is 19.5 Å². The van der Waals surface area contributed by atoms with Gasteiger partial charge in [-0.2, -0.15) is 10.1 Å². The van der Waals surface area contributed by atoms with Crippen molar-refractivity contribution in [2.45, 2.75) is 44.1 Å². The number of hydrogen-bond acceptors (Lipinski definition) is 9. The van der Waals surface area contributed by atoms with Crippen molar-refractivity contribution in [3.63, 3.8) is 0 Å². The smallest absolute Gasteiger partial charge is 0.258 e. The Morgan fingerprint density at radius 2 is 2.08 bits per heavy atom. The summed E-state index contributed by atoms with van der Waals surface area (Å²) in [5.74, 6) is -0.524. The third kappa shape index (κ3) is 4.97. The summed E-state index contributed by atoms with van der Waals surface area (Å²) in [4.78, 5) is 6.44. The predicted octanol–water partition coefficient (Wildman–Crippen LogP) is 4.50.